The van der Waals surface area contributed by atoms with Crippen LogP contribution >= 0.6 is 0 Å². The first-order valence-corrected chi connectivity index (χ1v) is 11.6. The van der Waals surface area contributed by atoms with Gasteiger partial charge in [-0.2, -0.15) is 0 Å². The van der Waals surface area contributed by atoms with Gasteiger partial charge in [0.1, 0.15) is 5.82 Å². The zero-order valence-electron chi connectivity index (χ0n) is 19.9. The molecule has 2 aromatic carbocycles. The van der Waals surface area contributed by atoms with Gasteiger partial charge in [0.15, 0.2) is 5.84 Å². The number of fused-ring (bicyclic) bond motifs is 2. The van der Waals surface area contributed by atoms with Crippen LogP contribution in [0.4, 0.5) is 5.82 Å². The highest BCUT2D eigenvalue weighted by Gasteiger charge is 2.23. The van der Waals surface area contributed by atoms with Crippen LogP contribution in [0.1, 0.15) is 16.7 Å². The fourth-order valence-electron chi connectivity index (χ4n) is 4.89. The summed E-state index contributed by atoms with van der Waals surface area (Å²) in [5.74, 6) is 6.68. The zero-order chi connectivity index (χ0) is 24.5. The molecule has 1 fully saturated rings. The number of allylic oxidation sites excluding steroid dienone is 1. The summed E-state index contributed by atoms with van der Waals surface area (Å²) in [6, 6.07) is 14.4. The number of anilines is 1. The molecule has 178 valence electrons. The lowest BCUT2D eigenvalue weighted by atomic mass is 9.97. The maximum absolute atomic E-state index is 6.11. The van der Waals surface area contributed by atoms with Crippen LogP contribution in [0.5, 0.6) is 0 Å². The number of aryl methyl sites for hydroxylation is 1. The Morgan fingerprint density at radius 1 is 1.06 bits per heavy atom. The van der Waals surface area contributed by atoms with Crippen molar-refractivity contribution in [1.29, 1.82) is 0 Å². The minimum absolute atomic E-state index is 0.313. The SMILES string of the molecule is C=C(C(=C)N1CCN(c2nccc3ccccc23)CC1)c1c[nH]c2c(/C(N)=N/NN)ccc(C)c12. The van der Waals surface area contributed by atoms with Gasteiger partial charge >= 0.3 is 0 Å². The summed E-state index contributed by atoms with van der Waals surface area (Å²) >= 11 is 0. The maximum atomic E-state index is 6.11. The highest BCUT2D eigenvalue weighted by atomic mass is 15.5. The van der Waals surface area contributed by atoms with Gasteiger partial charge in [-0.05, 0) is 35.6 Å². The van der Waals surface area contributed by atoms with E-state index in [1.165, 1.54) is 10.8 Å². The predicted molar refractivity (Wildman–Crippen MR) is 145 cm³/mol. The summed E-state index contributed by atoms with van der Waals surface area (Å²) in [6.07, 6.45) is 3.85. The summed E-state index contributed by atoms with van der Waals surface area (Å²) in [6.45, 7) is 14.3. The minimum atomic E-state index is 0.313. The Morgan fingerprint density at radius 2 is 1.83 bits per heavy atom. The number of nitrogens with zero attached hydrogens (tertiary/aromatic N) is 4. The van der Waals surface area contributed by atoms with Gasteiger partial charge in [-0.25, -0.2) is 16.4 Å². The number of aromatic amines is 1. The molecule has 0 radical (unpaired) electrons. The minimum Gasteiger partial charge on any atom is -0.382 e. The summed E-state index contributed by atoms with van der Waals surface area (Å²) < 4.78 is 0. The Morgan fingerprint density at radius 3 is 2.60 bits per heavy atom. The number of piperazine rings is 1. The van der Waals surface area contributed by atoms with E-state index in [2.05, 4.69) is 80.8 Å². The van der Waals surface area contributed by atoms with E-state index in [1.54, 1.807) is 0 Å². The quantitative estimate of drug-likeness (QED) is 0.114. The van der Waals surface area contributed by atoms with E-state index in [1.807, 2.05) is 24.5 Å². The van der Waals surface area contributed by atoms with Crippen LogP contribution in [0, 0.1) is 6.92 Å². The molecule has 0 amide bonds. The molecule has 2 aromatic heterocycles. The molecule has 0 atom stereocenters. The Labute approximate surface area is 204 Å². The molecular weight excluding hydrogens is 436 g/mol. The zero-order valence-corrected chi connectivity index (χ0v) is 19.9. The number of H-pyrrole nitrogens is 1. The number of pyridine rings is 1. The molecule has 0 saturated carbocycles. The van der Waals surface area contributed by atoms with Crippen LogP contribution < -0.4 is 22.0 Å². The number of amidine groups is 1. The Balaban J connectivity index is 1.36. The van der Waals surface area contributed by atoms with Crippen molar-refractivity contribution in [3.05, 3.63) is 90.4 Å². The van der Waals surface area contributed by atoms with Gasteiger partial charge in [0.2, 0.25) is 0 Å². The van der Waals surface area contributed by atoms with Crippen LogP contribution in [0.25, 0.3) is 27.2 Å². The molecule has 0 aliphatic carbocycles. The van der Waals surface area contributed by atoms with E-state index >= 15 is 0 Å². The average Bonchev–Trinajstić information content (AvgIpc) is 3.34. The number of rotatable bonds is 6. The predicted octanol–water partition coefficient (Wildman–Crippen LogP) is 3.46. The lowest BCUT2D eigenvalue weighted by Gasteiger charge is -2.38. The van der Waals surface area contributed by atoms with Crippen molar-refractivity contribution >= 4 is 38.9 Å². The number of benzene rings is 2. The highest BCUT2D eigenvalue weighted by Crippen LogP contribution is 2.34. The molecule has 5 rings (SSSR count). The molecule has 1 aliphatic heterocycles. The van der Waals surface area contributed by atoms with Gasteiger partial charge in [0, 0.05) is 66.2 Å². The second-order valence-corrected chi connectivity index (χ2v) is 8.76. The Bertz CT molecular complexity index is 1450. The lowest BCUT2D eigenvalue weighted by molar-refractivity contribution is 0.333. The normalized spacial score (nSPS) is 14.5. The maximum Gasteiger partial charge on any atom is 0.154 e. The number of hydrogen-bond donors (Lipinski definition) is 4. The molecular formula is C27H30N8. The summed E-state index contributed by atoms with van der Waals surface area (Å²) in [7, 11) is 0. The third-order valence-corrected chi connectivity index (χ3v) is 6.79. The topological polar surface area (TPSA) is 112 Å². The Kier molecular flexibility index (Phi) is 5.88. The average molecular weight is 467 g/mol. The van der Waals surface area contributed by atoms with Crippen molar-refractivity contribution in [2.45, 2.75) is 6.92 Å². The Hall–Kier alpha value is -4.30. The van der Waals surface area contributed by atoms with Gasteiger partial charge < -0.3 is 20.5 Å². The number of hydrogen-bond acceptors (Lipinski definition) is 6. The van der Waals surface area contributed by atoms with E-state index in [0.717, 1.165) is 70.9 Å². The molecule has 0 bridgehead atoms. The fraction of sp³-hybridized carbons (Fsp3) is 0.185. The van der Waals surface area contributed by atoms with Crippen molar-refractivity contribution in [3.8, 4) is 0 Å². The number of nitrogens with two attached hydrogens (primary N) is 2. The van der Waals surface area contributed by atoms with E-state index in [-0.39, 0.29) is 0 Å². The number of hydrazine groups is 1. The van der Waals surface area contributed by atoms with Crippen LogP contribution in [0.2, 0.25) is 0 Å². The van der Waals surface area contributed by atoms with Crippen LogP contribution in [0.15, 0.2) is 78.8 Å². The standard InChI is InChI=1S/C27H30N8/c1-17-8-9-22(26(28)32-33-29)25-24(17)23(16-31-25)18(2)19(3)34-12-14-35(15-13-34)27-21-7-5-4-6-20(21)10-11-30-27/h4-11,16,31,33H,2-3,12-15,29H2,1H3,(H2,28,32). The molecule has 8 heteroatoms. The van der Waals surface area contributed by atoms with E-state index in [0.29, 0.717) is 5.84 Å². The number of hydrazone groups is 1. The van der Waals surface area contributed by atoms with Gasteiger partial charge in [-0.1, -0.05) is 43.5 Å². The van der Waals surface area contributed by atoms with E-state index < -0.39 is 0 Å². The first-order valence-electron chi connectivity index (χ1n) is 11.6. The van der Waals surface area contributed by atoms with Gasteiger partial charge in [0.25, 0.3) is 0 Å². The molecule has 3 heterocycles. The number of nitrogens with one attached hydrogen (secondary N) is 2. The number of aromatic nitrogens is 2. The molecule has 0 unspecified atom stereocenters. The largest absolute Gasteiger partial charge is 0.382 e. The first-order chi connectivity index (χ1) is 17.0. The highest BCUT2D eigenvalue weighted by molar-refractivity contribution is 6.11. The summed E-state index contributed by atoms with van der Waals surface area (Å²) in [5.41, 5.74) is 14.0. The van der Waals surface area contributed by atoms with Gasteiger partial charge in [-0.3, -0.25) is 0 Å². The van der Waals surface area contributed by atoms with Crippen LogP contribution in [-0.2, 0) is 0 Å². The van der Waals surface area contributed by atoms with Crippen molar-refractivity contribution in [1.82, 2.24) is 20.4 Å². The molecule has 35 heavy (non-hydrogen) atoms. The summed E-state index contributed by atoms with van der Waals surface area (Å²) in [4.78, 5) is 12.7. The lowest BCUT2D eigenvalue weighted by Crippen LogP contribution is -2.46. The van der Waals surface area contributed by atoms with E-state index in [4.69, 9.17) is 11.6 Å². The van der Waals surface area contributed by atoms with Gasteiger partial charge in [0.05, 0.1) is 5.52 Å². The van der Waals surface area contributed by atoms with Crippen LogP contribution in [0.3, 0.4) is 0 Å². The fourth-order valence-corrected chi connectivity index (χ4v) is 4.89. The third-order valence-electron chi connectivity index (χ3n) is 6.79. The van der Waals surface area contributed by atoms with Crippen molar-refractivity contribution in [2.75, 3.05) is 31.1 Å². The van der Waals surface area contributed by atoms with Crippen molar-refractivity contribution in [3.63, 3.8) is 0 Å². The van der Waals surface area contributed by atoms with Crippen LogP contribution in [-0.4, -0.2) is 46.9 Å². The van der Waals surface area contributed by atoms with Gasteiger partial charge in [-0.15, -0.1) is 5.10 Å². The second-order valence-electron chi connectivity index (χ2n) is 8.76. The molecule has 1 saturated heterocycles. The molecule has 0 spiro atoms. The van der Waals surface area contributed by atoms with E-state index in [9.17, 15) is 0 Å². The third kappa shape index (κ3) is 3.98. The molecule has 4 aromatic rings. The molecule has 1 aliphatic rings. The molecule has 8 nitrogen and oxygen atoms in total. The molecule has 6 N–H and O–H groups in total. The smallest absolute Gasteiger partial charge is 0.154 e. The van der Waals surface area contributed by atoms with Crippen molar-refractivity contribution in [2.24, 2.45) is 16.7 Å². The second kappa shape index (κ2) is 9.15. The van der Waals surface area contributed by atoms with Crippen molar-refractivity contribution < 1.29 is 0 Å². The first kappa shape index (κ1) is 22.5. The summed E-state index contributed by atoms with van der Waals surface area (Å²) in [5, 5.41) is 7.38. The monoisotopic (exact) mass is 466 g/mol.